The zero-order chi connectivity index (χ0) is 12.1. The van der Waals surface area contributed by atoms with E-state index in [-0.39, 0.29) is 5.56 Å². The molecule has 4 nitrogen and oxygen atoms in total. The molecule has 5 heteroatoms. The number of halogens is 1. The van der Waals surface area contributed by atoms with Crippen LogP contribution in [0.3, 0.4) is 0 Å². The van der Waals surface area contributed by atoms with E-state index in [0.717, 1.165) is 0 Å². The minimum atomic E-state index is -0.545. The molecule has 0 radical (unpaired) electrons. The lowest BCUT2D eigenvalue weighted by atomic mass is 10.4. The van der Waals surface area contributed by atoms with E-state index in [4.69, 9.17) is 4.74 Å². The maximum atomic E-state index is 12.5. The molecule has 2 heterocycles. The molecule has 0 amide bonds. The van der Waals surface area contributed by atoms with Gasteiger partial charge in [0.1, 0.15) is 12.4 Å². The number of aromatic nitrogens is 2. The van der Waals surface area contributed by atoms with Crippen molar-refractivity contribution < 1.29 is 9.13 Å². The largest absolute Gasteiger partial charge is 0.490 e. The highest BCUT2D eigenvalue weighted by Gasteiger charge is 1.97. The predicted octanol–water partition coefficient (Wildman–Crippen LogP) is 1.46. The Balaban J connectivity index is 1.90. The maximum Gasteiger partial charge on any atom is 0.250 e. The van der Waals surface area contributed by atoms with Crippen molar-refractivity contribution in [1.29, 1.82) is 0 Å². The van der Waals surface area contributed by atoms with E-state index < -0.39 is 5.95 Å². The molecule has 0 unspecified atom stereocenters. The van der Waals surface area contributed by atoms with E-state index in [1.165, 1.54) is 29.0 Å². The molecular weight excluding hydrogens is 223 g/mol. The van der Waals surface area contributed by atoms with Crippen LogP contribution in [0, 0.1) is 5.95 Å². The first-order valence-corrected chi connectivity index (χ1v) is 5.15. The molecule has 17 heavy (non-hydrogen) atoms. The van der Waals surface area contributed by atoms with Crippen LogP contribution in [0.1, 0.15) is 0 Å². The molecule has 0 bridgehead atoms. The molecule has 0 saturated carbocycles. The third-order valence-corrected chi connectivity index (χ3v) is 2.20. The highest BCUT2D eigenvalue weighted by Crippen LogP contribution is 2.07. The van der Waals surface area contributed by atoms with Crippen molar-refractivity contribution in [1.82, 2.24) is 9.55 Å². The zero-order valence-electron chi connectivity index (χ0n) is 9.04. The fourth-order valence-corrected chi connectivity index (χ4v) is 1.35. The quantitative estimate of drug-likeness (QED) is 0.752. The van der Waals surface area contributed by atoms with Crippen LogP contribution >= 0.6 is 0 Å². The molecule has 0 aromatic carbocycles. The molecule has 0 saturated heterocycles. The van der Waals surface area contributed by atoms with Crippen molar-refractivity contribution in [2.75, 3.05) is 6.61 Å². The van der Waals surface area contributed by atoms with Crippen LogP contribution in [0.5, 0.6) is 5.75 Å². The van der Waals surface area contributed by atoms with Crippen molar-refractivity contribution >= 4 is 0 Å². The van der Waals surface area contributed by atoms with Gasteiger partial charge in [-0.25, -0.2) is 4.98 Å². The van der Waals surface area contributed by atoms with Crippen molar-refractivity contribution in [2.24, 2.45) is 0 Å². The summed E-state index contributed by atoms with van der Waals surface area (Å²) in [6.07, 6.45) is 3.00. The number of ether oxygens (including phenoxy) is 1. The normalized spacial score (nSPS) is 10.2. The summed E-state index contributed by atoms with van der Waals surface area (Å²) in [5.74, 6) is -0.0630. The summed E-state index contributed by atoms with van der Waals surface area (Å²) in [7, 11) is 0. The van der Waals surface area contributed by atoms with Crippen LogP contribution in [0.25, 0.3) is 0 Å². The third-order valence-electron chi connectivity index (χ3n) is 2.20. The van der Waals surface area contributed by atoms with Gasteiger partial charge in [0.05, 0.1) is 12.7 Å². The number of hydrogen-bond donors (Lipinski definition) is 0. The summed E-state index contributed by atoms with van der Waals surface area (Å²) in [5, 5.41) is 0. The van der Waals surface area contributed by atoms with Gasteiger partial charge in [-0.2, -0.15) is 4.39 Å². The van der Waals surface area contributed by atoms with Gasteiger partial charge < -0.3 is 9.30 Å². The SMILES string of the molecule is O=c1ccccn1CCOc1ccc(F)nc1. The highest BCUT2D eigenvalue weighted by molar-refractivity contribution is 5.15. The van der Waals surface area contributed by atoms with Crippen molar-refractivity contribution in [3.63, 3.8) is 0 Å². The Hall–Kier alpha value is -2.17. The molecule has 0 aliphatic carbocycles. The summed E-state index contributed by atoms with van der Waals surface area (Å²) >= 11 is 0. The first kappa shape index (κ1) is 11.3. The first-order chi connectivity index (χ1) is 8.25. The van der Waals surface area contributed by atoms with Gasteiger partial charge in [0, 0.05) is 12.3 Å². The monoisotopic (exact) mass is 234 g/mol. The van der Waals surface area contributed by atoms with Crippen LogP contribution < -0.4 is 10.3 Å². The maximum absolute atomic E-state index is 12.5. The van der Waals surface area contributed by atoms with Crippen molar-refractivity contribution in [3.05, 3.63) is 59.0 Å². The smallest absolute Gasteiger partial charge is 0.250 e. The van der Waals surface area contributed by atoms with Gasteiger partial charge in [0.2, 0.25) is 5.95 Å². The summed E-state index contributed by atoms with van der Waals surface area (Å²) in [4.78, 5) is 14.8. The lowest BCUT2D eigenvalue weighted by Gasteiger charge is -2.07. The predicted molar refractivity (Wildman–Crippen MR) is 60.4 cm³/mol. The molecule has 0 N–H and O–H groups in total. The Bertz CT molecular complexity index is 537. The second kappa shape index (κ2) is 5.25. The number of rotatable bonds is 4. The van der Waals surface area contributed by atoms with E-state index in [0.29, 0.717) is 18.9 Å². The zero-order valence-corrected chi connectivity index (χ0v) is 9.04. The van der Waals surface area contributed by atoms with Gasteiger partial charge in [0.25, 0.3) is 5.56 Å². The standard InChI is InChI=1S/C12H11FN2O2/c13-11-5-4-10(9-14-11)17-8-7-15-6-2-1-3-12(15)16/h1-6,9H,7-8H2. The van der Waals surface area contributed by atoms with Crippen LogP contribution in [-0.4, -0.2) is 16.2 Å². The Morgan fingerprint density at radius 3 is 2.88 bits per heavy atom. The van der Waals surface area contributed by atoms with Gasteiger partial charge in [0.15, 0.2) is 0 Å². The average Bonchev–Trinajstić information content (AvgIpc) is 2.34. The Kier molecular flexibility index (Phi) is 3.49. The molecule has 88 valence electrons. The Morgan fingerprint density at radius 1 is 1.29 bits per heavy atom. The van der Waals surface area contributed by atoms with E-state index in [1.807, 2.05) is 0 Å². The molecule has 2 rings (SSSR count). The number of hydrogen-bond acceptors (Lipinski definition) is 3. The lowest BCUT2D eigenvalue weighted by molar-refractivity contribution is 0.294. The highest BCUT2D eigenvalue weighted by atomic mass is 19.1. The fraction of sp³-hybridized carbons (Fsp3) is 0.167. The Morgan fingerprint density at radius 2 is 2.18 bits per heavy atom. The van der Waals surface area contributed by atoms with Crippen LogP contribution in [0.4, 0.5) is 4.39 Å². The Labute approximate surface area is 97.3 Å². The summed E-state index contributed by atoms with van der Waals surface area (Å²) in [5.41, 5.74) is -0.0756. The molecular formula is C12H11FN2O2. The lowest BCUT2D eigenvalue weighted by Crippen LogP contribution is -2.21. The molecule has 0 fully saturated rings. The number of nitrogens with zero attached hydrogens (tertiary/aromatic N) is 2. The average molecular weight is 234 g/mol. The van der Waals surface area contributed by atoms with E-state index in [2.05, 4.69) is 4.98 Å². The molecule has 2 aromatic rings. The fourth-order valence-electron chi connectivity index (χ4n) is 1.35. The van der Waals surface area contributed by atoms with E-state index in [1.54, 1.807) is 18.3 Å². The summed E-state index contributed by atoms with van der Waals surface area (Å²) in [6, 6.07) is 7.67. The third kappa shape index (κ3) is 3.14. The van der Waals surface area contributed by atoms with Gasteiger partial charge in [-0.15, -0.1) is 0 Å². The van der Waals surface area contributed by atoms with Crippen LogP contribution in [-0.2, 0) is 6.54 Å². The molecule has 0 atom stereocenters. The molecule has 0 aliphatic rings. The van der Waals surface area contributed by atoms with Gasteiger partial charge in [-0.3, -0.25) is 4.79 Å². The van der Waals surface area contributed by atoms with E-state index >= 15 is 0 Å². The van der Waals surface area contributed by atoms with Crippen LogP contribution in [0.15, 0.2) is 47.5 Å². The second-order valence-electron chi connectivity index (χ2n) is 3.40. The van der Waals surface area contributed by atoms with E-state index in [9.17, 15) is 9.18 Å². The van der Waals surface area contributed by atoms with Gasteiger partial charge in [-0.1, -0.05) is 6.07 Å². The first-order valence-electron chi connectivity index (χ1n) is 5.15. The minimum absolute atomic E-state index is 0.0756. The second-order valence-corrected chi connectivity index (χ2v) is 3.40. The molecule has 0 aliphatic heterocycles. The van der Waals surface area contributed by atoms with Gasteiger partial charge >= 0.3 is 0 Å². The van der Waals surface area contributed by atoms with Crippen molar-refractivity contribution in [2.45, 2.75) is 6.54 Å². The molecule has 0 spiro atoms. The van der Waals surface area contributed by atoms with Gasteiger partial charge in [-0.05, 0) is 18.2 Å². The summed E-state index contributed by atoms with van der Waals surface area (Å²) < 4.78 is 19.4. The molecule has 2 aromatic heterocycles. The topological polar surface area (TPSA) is 44.1 Å². The minimum Gasteiger partial charge on any atom is -0.490 e. The van der Waals surface area contributed by atoms with Crippen LogP contribution in [0.2, 0.25) is 0 Å². The van der Waals surface area contributed by atoms with Crippen molar-refractivity contribution in [3.8, 4) is 5.75 Å². The number of pyridine rings is 2. The summed E-state index contributed by atoms with van der Waals surface area (Å²) in [6.45, 7) is 0.772.